The molecule has 1 heterocycles. The van der Waals surface area contributed by atoms with Crippen molar-refractivity contribution >= 4 is 11.9 Å². The van der Waals surface area contributed by atoms with Gasteiger partial charge in [0.15, 0.2) is 0 Å². The van der Waals surface area contributed by atoms with Crippen LogP contribution in [0.5, 0.6) is 0 Å². The third kappa shape index (κ3) is 5.69. The Kier molecular flexibility index (Phi) is 6.58. The number of carbonyl (C=O) groups is 2. The van der Waals surface area contributed by atoms with Gasteiger partial charge in [0, 0.05) is 18.7 Å². The van der Waals surface area contributed by atoms with Crippen molar-refractivity contribution in [1.82, 2.24) is 10.3 Å². The van der Waals surface area contributed by atoms with E-state index >= 15 is 0 Å². The van der Waals surface area contributed by atoms with Gasteiger partial charge in [0.1, 0.15) is 11.6 Å². The Hall–Kier alpha value is -2.15. The zero-order chi connectivity index (χ0) is 19.3. The summed E-state index contributed by atoms with van der Waals surface area (Å²) in [6, 6.07) is 0.502. The molecule has 0 bridgehead atoms. The molecule has 1 aromatic heterocycles. The largest absolute Gasteiger partial charge is 0.480 e. The number of aromatic nitrogens is 1. The van der Waals surface area contributed by atoms with E-state index in [0.717, 1.165) is 43.4 Å². The molecule has 1 atom stereocenters. The van der Waals surface area contributed by atoms with E-state index in [2.05, 4.69) is 10.3 Å². The maximum atomic E-state index is 12.5. The SMILES string of the molecule is CC(C)(C)OCCC(NC(=O)c1cc2c([nH]c1=O)CCCCC2)C(=O)O. The number of H-pyrrole nitrogens is 1. The molecule has 0 radical (unpaired) electrons. The van der Waals surface area contributed by atoms with Gasteiger partial charge in [-0.2, -0.15) is 0 Å². The van der Waals surface area contributed by atoms with Crippen LogP contribution < -0.4 is 10.9 Å². The molecule has 1 amide bonds. The first-order valence-corrected chi connectivity index (χ1v) is 9.10. The van der Waals surface area contributed by atoms with E-state index < -0.39 is 23.5 Å². The van der Waals surface area contributed by atoms with Crippen LogP contribution in [0.15, 0.2) is 10.9 Å². The molecule has 0 aromatic carbocycles. The van der Waals surface area contributed by atoms with E-state index in [9.17, 15) is 19.5 Å². The number of fused-ring (bicyclic) bond motifs is 1. The molecule has 26 heavy (non-hydrogen) atoms. The van der Waals surface area contributed by atoms with Gasteiger partial charge in [0.25, 0.3) is 11.5 Å². The second kappa shape index (κ2) is 8.49. The summed E-state index contributed by atoms with van der Waals surface area (Å²) < 4.78 is 5.53. The van der Waals surface area contributed by atoms with E-state index in [0.29, 0.717) is 0 Å². The molecule has 0 saturated heterocycles. The normalized spacial score (nSPS) is 15.7. The van der Waals surface area contributed by atoms with Crippen LogP contribution in [-0.4, -0.2) is 40.2 Å². The summed E-state index contributed by atoms with van der Waals surface area (Å²) in [5.74, 6) is -1.82. The van der Waals surface area contributed by atoms with Crippen LogP contribution in [0.3, 0.4) is 0 Å². The van der Waals surface area contributed by atoms with Crippen LogP contribution in [0, 0.1) is 0 Å². The second-order valence-electron chi connectivity index (χ2n) is 7.69. The Morgan fingerprint density at radius 1 is 1.27 bits per heavy atom. The number of aromatic amines is 1. The second-order valence-corrected chi connectivity index (χ2v) is 7.69. The van der Waals surface area contributed by atoms with Crippen LogP contribution in [0.4, 0.5) is 0 Å². The first-order chi connectivity index (χ1) is 12.2. The lowest BCUT2D eigenvalue weighted by Gasteiger charge is -2.21. The van der Waals surface area contributed by atoms with Crippen molar-refractivity contribution < 1.29 is 19.4 Å². The van der Waals surface area contributed by atoms with Crippen LogP contribution >= 0.6 is 0 Å². The number of ether oxygens (including phenoxy) is 1. The minimum Gasteiger partial charge on any atom is -0.480 e. The molecule has 2 rings (SSSR count). The third-order valence-corrected chi connectivity index (χ3v) is 4.38. The van der Waals surface area contributed by atoms with E-state index in [1.54, 1.807) is 6.07 Å². The Labute approximate surface area is 153 Å². The summed E-state index contributed by atoms with van der Waals surface area (Å²) in [6.07, 6.45) is 4.86. The predicted molar refractivity (Wildman–Crippen MR) is 97.5 cm³/mol. The molecule has 3 N–H and O–H groups in total. The van der Waals surface area contributed by atoms with Gasteiger partial charge in [-0.3, -0.25) is 9.59 Å². The van der Waals surface area contributed by atoms with Gasteiger partial charge in [-0.05, 0) is 58.1 Å². The predicted octanol–water partition coefficient (Wildman–Crippen LogP) is 2.03. The highest BCUT2D eigenvalue weighted by atomic mass is 16.5. The number of nitrogens with one attached hydrogen (secondary N) is 2. The Bertz CT molecular complexity index is 718. The average molecular weight is 364 g/mol. The van der Waals surface area contributed by atoms with Crippen LogP contribution in [0.25, 0.3) is 0 Å². The molecule has 7 heteroatoms. The van der Waals surface area contributed by atoms with Gasteiger partial charge >= 0.3 is 5.97 Å². The van der Waals surface area contributed by atoms with Crippen LogP contribution in [0.2, 0.25) is 0 Å². The molecule has 1 aromatic rings. The number of amides is 1. The number of hydrogen-bond acceptors (Lipinski definition) is 4. The minimum absolute atomic E-state index is 0.0337. The summed E-state index contributed by atoms with van der Waals surface area (Å²) in [4.78, 5) is 39.0. The maximum Gasteiger partial charge on any atom is 0.326 e. The fraction of sp³-hybridized carbons (Fsp3) is 0.632. The lowest BCUT2D eigenvalue weighted by atomic mass is 10.1. The highest BCUT2D eigenvalue weighted by Crippen LogP contribution is 2.18. The summed E-state index contributed by atoms with van der Waals surface area (Å²) in [5.41, 5.74) is 0.959. The number of aliphatic carboxylic acids is 1. The summed E-state index contributed by atoms with van der Waals surface area (Å²) in [5, 5.41) is 11.8. The molecule has 0 spiro atoms. The molecular formula is C19H28N2O5. The monoisotopic (exact) mass is 364 g/mol. The highest BCUT2D eigenvalue weighted by molar-refractivity contribution is 5.96. The van der Waals surface area contributed by atoms with Crippen molar-refractivity contribution in [2.45, 2.75) is 70.9 Å². The number of hydrogen-bond donors (Lipinski definition) is 3. The molecule has 0 saturated carbocycles. The molecule has 0 fully saturated rings. The van der Waals surface area contributed by atoms with Crippen molar-refractivity contribution in [3.63, 3.8) is 0 Å². The molecular weight excluding hydrogens is 336 g/mol. The van der Waals surface area contributed by atoms with E-state index in [4.69, 9.17) is 4.74 Å². The molecule has 1 aliphatic carbocycles. The van der Waals surface area contributed by atoms with Gasteiger partial charge in [0.05, 0.1) is 5.60 Å². The van der Waals surface area contributed by atoms with Gasteiger partial charge in [-0.25, -0.2) is 4.79 Å². The van der Waals surface area contributed by atoms with E-state index in [1.807, 2.05) is 20.8 Å². The van der Waals surface area contributed by atoms with Gasteiger partial charge in [-0.15, -0.1) is 0 Å². The van der Waals surface area contributed by atoms with Gasteiger partial charge in [0.2, 0.25) is 0 Å². The van der Waals surface area contributed by atoms with Crippen molar-refractivity contribution in [1.29, 1.82) is 0 Å². The minimum atomic E-state index is -1.15. The van der Waals surface area contributed by atoms with E-state index in [-0.39, 0.29) is 24.2 Å². The van der Waals surface area contributed by atoms with E-state index in [1.165, 1.54) is 0 Å². The molecule has 1 aliphatic rings. The van der Waals surface area contributed by atoms with Crippen LogP contribution in [-0.2, 0) is 22.4 Å². The lowest BCUT2D eigenvalue weighted by molar-refractivity contribution is -0.140. The third-order valence-electron chi connectivity index (χ3n) is 4.38. The van der Waals surface area contributed by atoms with Crippen molar-refractivity contribution in [2.24, 2.45) is 0 Å². The number of carboxylic acids is 1. The summed E-state index contributed by atoms with van der Waals surface area (Å²) >= 11 is 0. The van der Waals surface area contributed by atoms with Crippen molar-refractivity contribution in [2.75, 3.05) is 6.61 Å². The average Bonchev–Trinajstić information content (AvgIpc) is 2.76. The summed E-state index contributed by atoms with van der Waals surface area (Å²) in [6.45, 7) is 5.81. The summed E-state index contributed by atoms with van der Waals surface area (Å²) in [7, 11) is 0. The first kappa shape index (κ1) is 20.2. The number of carbonyl (C=O) groups excluding carboxylic acids is 1. The number of rotatable bonds is 6. The van der Waals surface area contributed by atoms with Gasteiger partial charge in [-0.1, -0.05) is 6.42 Å². The van der Waals surface area contributed by atoms with Gasteiger partial charge < -0.3 is 20.1 Å². The van der Waals surface area contributed by atoms with Crippen molar-refractivity contribution in [3.05, 3.63) is 33.2 Å². The zero-order valence-electron chi connectivity index (χ0n) is 15.7. The Morgan fingerprint density at radius 2 is 1.96 bits per heavy atom. The first-order valence-electron chi connectivity index (χ1n) is 9.10. The number of carboxylic acid groups (broad SMARTS) is 1. The smallest absolute Gasteiger partial charge is 0.326 e. The Balaban J connectivity index is 2.10. The molecule has 1 unspecified atom stereocenters. The number of pyridine rings is 1. The molecule has 0 aliphatic heterocycles. The number of aryl methyl sites for hydroxylation is 2. The van der Waals surface area contributed by atoms with Crippen molar-refractivity contribution in [3.8, 4) is 0 Å². The zero-order valence-corrected chi connectivity index (χ0v) is 15.7. The highest BCUT2D eigenvalue weighted by Gasteiger charge is 2.24. The molecule has 7 nitrogen and oxygen atoms in total. The van der Waals surface area contributed by atoms with Crippen LogP contribution in [0.1, 0.15) is 68.1 Å². The fourth-order valence-corrected chi connectivity index (χ4v) is 3.00. The lowest BCUT2D eigenvalue weighted by Crippen LogP contribution is -2.43. The standard InChI is InChI=1S/C19H28N2O5/c1-19(2,3)26-10-9-15(18(24)25)21-17(23)13-11-12-7-5-4-6-8-14(12)20-16(13)22/h11,15H,4-10H2,1-3H3,(H,20,22)(H,21,23)(H,24,25). The molecule has 144 valence electrons. The Morgan fingerprint density at radius 3 is 2.62 bits per heavy atom. The quantitative estimate of drug-likeness (QED) is 0.669. The maximum absolute atomic E-state index is 12.5. The fourth-order valence-electron chi connectivity index (χ4n) is 3.00. The topological polar surface area (TPSA) is 108 Å².